The molecule has 0 saturated carbocycles. The van der Waals surface area contributed by atoms with Gasteiger partial charge in [-0.15, -0.1) is 0 Å². The SMILES string of the molecule is CSc1nc(Cl)cc(NC(C)CC(C)C)n1. The largest absolute Gasteiger partial charge is 0.367 e. The van der Waals surface area contributed by atoms with Gasteiger partial charge in [-0.1, -0.05) is 37.2 Å². The molecule has 90 valence electrons. The maximum absolute atomic E-state index is 5.91. The van der Waals surface area contributed by atoms with E-state index in [-0.39, 0.29) is 0 Å². The zero-order chi connectivity index (χ0) is 12.1. The van der Waals surface area contributed by atoms with Gasteiger partial charge in [0.15, 0.2) is 5.16 Å². The van der Waals surface area contributed by atoms with Crippen LogP contribution in [-0.2, 0) is 0 Å². The summed E-state index contributed by atoms with van der Waals surface area (Å²) in [4.78, 5) is 8.45. The number of halogens is 1. The third kappa shape index (κ3) is 4.58. The predicted molar refractivity (Wildman–Crippen MR) is 71.4 cm³/mol. The Bertz CT molecular complexity index is 344. The van der Waals surface area contributed by atoms with E-state index in [1.807, 2.05) is 6.26 Å². The van der Waals surface area contributed by atoms with E-state index in [2.05, 4.69) is 36.1 Å². The molecule has 1 atom stereocenters. The molecule has 0 bridgehead atoms. The zero-order valence-corrected chi connectivity index (χ0v) is 11.7. The van der Waals surface area contributed by atoms with Gasteiger partial charge in [0.1, 0.15) is 11.0 Å². The lowest BCUT2D eigenvalue weighted by atomic mass is 10.1. The van der Waals surface area contributed by atoms with Crippen molar-refractivity contribution in [3.8, 4) is 0 Å². The molecule has 1 aromatic heterocycles. The first kappa shape index (κ1) is 13.6. The Morgan fingerprint density at radius 2 is 2.06 bits per heavy atom. The standard InChI is InChI=1S/C11H18ClN3S/c1-7(2)5-8(3)13-10-6-9(12)14-11(15-10)16-4/h6-8H,5H2,1-4H3,(H,13,14,15). The van der Waals surface area contributed by atoms with Crippen LogP contribution in [0.5, 0.6) is 0 Å². The number of hydrogen-bond donors (Lipinski definition) is 1. The smallest absolute Gasteiger partial charge is 0.190 e. The summed E-state index contributed by atoms with van der Waals surface area (Å²) >= 11 is 7.40. The van der Waals surface area contributed by atoms with E-state index in [4.69, 9.17) is 11.6 Å². The van der Waals surface area contributed by atoms with Crippen LogP contribution in [0, 0.1) is 5.92 Å². The average molecular weight is 260 g/mol. The molecule has 0 aliphatic carbocycles. The van der Waals surface area contributed by atoms with Crippen molar-refractivity contribution in [2.75, 3.05) is 11.6 Å². The van der Waals surface area contributed by atoms with Gasteiger partial charge >= 0.3 is 0 Å². The molecule has 1 aromatic rings. The minimum atomic E-state index is 0.390. The van der Waals surface area contributed by atoms with Crippen molar-refractivity contribution < 1.29 is 0 Å². The second-order valence-electron chi connectivity index (χ2n) is 4.24. The van der Waals surface area contributed by atoms with Crippen LogP contribution in [0.2, 0.25) is 5.15 Å². The molecule has 0 aliphatic heterocycles. The van der Waals surface area contributed by atoms with Gasteiger partial charge in [0.25, 0.3) is 0 Å². The third-order valence-corrected chi connectivity index (χ3v) is 2.82. The summed E-state index contributed by atoms with van der Waals surface area (Å²) < 4.78 is 0. The van der Waals surface area contributed by atoms with Gasteiger partial charge in [-0.2, -0.15) is 0 Å². The highest BCUT2D eigenvalue weighted by atomic mass is 35.5. The molecular formula is C11H18ClN3S. The van der Waals surface area contributed by atoms with Crippen LogP contribution < -0.4 is 5.32 Å². The fraction of sp³-hybridized carbons (Fsp3) is 0.636. The minimum absolute atomic E-state index is 0.390. The van der Waals surface area contributed by atoms with Crippen molar-refractivity contribution >= 4 is 29.2 Å². The van der Waals surface area contributed by atoms with Crippen molar-refractivity contribution in [1.29, 1.82) is 0 Å². The van der Waals surface area contributed by atoms with Crippen molar-refractivity contribution in [3.63, 3.8) is 0 Å². The van der Waals surface area contributed by atoms with Crippen molar-refractivity contribution in [2.24, 2.45) is 5.92 Å². The molecule has 0 fully saturated rings. The number of thioether (sulfide) groups is 1. The summed E-state index contributed by atoms with van der Waals surface area (Å²) in [5.41, 5.74) is 0. The molecule has 0 saturated heterocycles. The lowest BCUT2D eigenvalue weighted by Gasteiger charge is -2.16. The maximum Gasteiger partial charge on any atom is 0.190 e. The Labute approximate surface area is 106 Å². The molecule has 1 unspecified atom stereocenters. The molecule has 0 amide bonds. The number of aromatic nitrogens is 2. The van der Waals surface area contributed by atoms with Crippen molar-refractivity contribution in [3.05, 3.63) is 11.2 Å². The van der Waals surface area contributed by atoms with Crippen LogP contribution >= 0.6 is 23.4 Å². The molecule has 0 spiro atoms. The van der Waals surface area contributed by atoms with Gasteiger partial charge in [0.05, 0.1) is 0 Å². The lowest BCUT2D eigenvalue weighted by Crippen LogP contribution is -2.18. The lowest BCUT2D eigenvalue weighted by molar-refractivity contribution is 0.538. The summed E-state index contributed by atoms with van der Waals surface area (Å²) in [5, 5.41) is 4.53. The highest BCUT2D eigenvalue weighted by Gasteiger charge is 2.07. The van der Waals surface area contributed by atoms with Crippen LogP contribution in [0.25, 0.3) is 0 Å². The van der Waals surface area contributed by atoms with Crippen molar-refractivity contribution in [2.45, 2.75) is 38.4 Å². The molecule has 16 heavy (non-hydrogen) atoms. The Balaban J connectivity index is 2.69. The van der Waals surface area contributed by atoms with Gasteiger partial charge in [0.2, 0.25) is 0 Å². The molecule has 3 nitrogen and oxygen atoms in total. The summed E-state index contributed by atoms with van der Waals surface area (Å²) in [7, 11) is 0. The van der Waals surface area contributed by atoms with Gasteiger partial charge in [-0.3, -0.25) is 0 Å². The summed E-state index contributed by atoms with van der Waals surface area (Å²) in [6.07, 6.45) is 3.04. The molecule has 1 heterocycles. The Morgan fingerprint density at radius 3 is 2.62 bits per heavy atom. The van der Waals surface area contributed by atoms with Crippen LogP contribution in [0.3, 0.4) is 0 Å². The van der Waals surface area contributed by atoms with Crippen LogP contribution in [-0.4, -0.2) is 22.3 Å². The van der Waals surface area contributed by atoms with Gasteiger partial charge in [-0.05, 0) is 25.5 Å². The predicted octanol–water partition coefficient (Wildman–Crippen LogP) is 3.70. The van der Waals surface area contributed by atoms with Crippen LogP contribution in [0.1, 0.15) is 27.2 Å². The first-order valence-corrected chi connectivity index (χ1v) is 6.96. The van der Waals surface area contributed by atoms with Crippen LogP contribution in [0.4, 0.5) is 5.82 Å². The van der Waals surface area contributed by atoms with E-state index in [1.54, 1.807) is 6.07 Å². The minimum Gasteiger partial charge on any atom is -0.367 e. The maximum atomic E-state index is 5.91. The van der Waals surface area contributed by atoms with E-state index < -0.39 is 0 Å². The normalized spacial score (nSPS) is 12.9. The molecule has 5 heteroatoms. The summed E-state index contributed by atoms with van der Waals surface area (Å²) in [5.74, 6) is 1.47. The van der Waals surface area contributed by atoms with E-state index >= 15 is 0 Å². The fourth-order valence-corrected chi connectivity index (χ4v) is 2.19. The zero-order valence-electron chi connectivity index (χ0n) is 10.1. The van der Waals surface area contributed by atoms with Gasteiger partial charge in [-0.25, -0.2) is 9.97 Å². The summed E-state index contributed by atoms with van der Waals surface area (Å²) in [6, 6.07) is 2.15. The number of nitrogens with one attached hydrogen (secondary N) is 1. The Hall–Kier alpha value is -0.480. The van der Waals surface area contributed by atoms with Gasteiger partial charge in [0, 0.05) is 12.1 Å². The first-order chi connectivity index (χ1) is 7.51. The Kier molecular flexibility index (Phi) is 5.35. The molecule has 0 aromatic carbocycles. The highest BCUT2D eigenvalue weighted by molar-refractivity contribution is 7.98. The number of nitrogens with zero attached hydrogens (tertiary/aromatic N) is 2. The highest BCUT2D eigenvalue weighted by Crippen LogP contribution is 2.18. The van der Waals surface area contributed by atoms with E-state index in [0.29, 0.717) is 22.3 Å². The second kappa shape index (κ2) is 6.30. The molecule has 1 rings (SSSR count). The first-order valence-electron chi connectivity index (χ1n) is 5.36. The number of anilines is 1. The molecular weight excluding hydrogens is 242 g/mol. The van der Waals surface area contributed by atoms with E-state index in [9.17, 15) is 0 Å². The third-order valence-electron chi connectivity index (χ3n) is 2.08. The Morgan fingerprint density at radius 1 is 1.38 bits per heavy atom. The van der Waals surface area contributed by atoms with E-state index in [1.165, 1.54) is 11.8 Å². The second-order valence-corrected chi connectivity index (χ2v) is 5.40. The summed E-state index contributed by atoms with van der Waals surface area (Å²) in [6.45, 7) is 6.56. The molecule has 1 N–H and O–H groups in total. The van der Waals surface area contributed by atoms with E-state index in [0.717, 1.165) is 12.2 Å². The number of rotatable bonds is 5. The topological polar surface area (TPSA) is 37.8 Å². The molecule has 0 radical (unpaired) electrons. The fourth-order valence-electron chi connectivity index (χ4n) is 1.58. The number of hydrogen-bond acceptors (Lipinski definition) is 4. The molecule has 0 aliphatic rings. The van der Waals surface area contributed by atoms with Crippen LogP contribution in [0.15, 0.2) is 11.2 Å². The average Bonchev–Trinajstić information content (AvgIpc) is 2.14. The monoisotopic (exact) mass is 259 g/mol. The quantitative estimate of drug-likeness (QED) is 0.497. The van der Waals surface area contributed by atoms with Gasteiger partial charge < -0.3 is 5.32 Å². The van der Waals surface area contributed by atoms with Crippen molar-refractivity contribution in [1.82, 2.24) is 9.97 Å².